The highest BCUT2D eigenvalue weighted by atomic mass is 32.2. The summed E-state index contributed by atoms with van der Waals surface area (Å²) in [5.74, 6) is 0. The van der Waals surface area contributed by atoms with E-state index in [1.54, 1.807) is 18.2 Å². The fourth-order valence-electron chi connectivity index (χ4n) is 1.34. The summed E-state index contributed by atoms with van der Waals surface area (Å²) in [5, 5.41) is 10.8. The molecule has 2 rings (SSSR count). The third-order valence-electron chi connectivity index (χ3n) is 2.13. The molecule has 0 radical (unpaired) electrons. The molecule has 1 heterocycles. The van der Waals surface area contributed by atoms with Crippen LogP contribution in [-0.2, 0) is 10.0 Å². The molecule has 0 aliphatic rings. The zero-order valence-corrected chi connectivity index (χ0v) is 10.1. The molecular formula is C9H11N5O2S. The number of tetrazole rings is 1. The molecule has 2 aromatic rings. The topological polar surface area (TPSA) is 89.8 Å². The van der Waals surface area contributed by atoms with Crippen molar-refractivity contribution in [3.63, 3.8) is 0 Å². The molecule has 0 bridgehead atoms. The maximum absolute atomic E-state index is 11.2. The number of aryl methyl sites for hydroxylation is 1. The van der Waals surface area contributed by atoms with E-state index in [2.05, 4.69) is 20.2 Å². The Hall–Kier alpha value is -1.96. The molecule has 1 aromatic carbocycles. The molecule has 0 saturated carbocycles. The maximum atomic E-state index is 11.2. The van der Waals surface area contributed by atoms with Crippen LogP contribution >= 0.6 is 0 Å². The molecule has 1 N–H and O–H groups in total. The van der Waals surface area contributed by atoms with Gasteiger partial charge in [-0.1, -0.05) is 6.07 Å². The number of rotatable bonds is 3. The van der Waals surface area contributed by atoms with Crippen LogP contribution in [0.1, 0.15) is 5.56 Å². The zero-order chi connectivity index (χ0) is 12.5. The number of aromatic nitrogens is 4. The van der Waals surface area contributed by atoms with E-state index >= 15 is 0 Å². The summed E-state index contributed by atoms with van der Waals surface area (Å²) in [7, 11) is -3.30. The molecule has 17 heavy (non-hydrogen) atoms. The van der Waals surface area contributed by atoms with E-state index in [-0.39, 0.29) is 0 Å². The maximum Gasteiger partial charge on any atom is 0.229 e. The van der Waals surface area contributed by atoms with Crippen molar-refractivity contribution in [3.05, 3.63) is 30.1 Å². The number of hydrogen-bond acceptors (Lipinski definition) is 5. The average molecular weight is 253 g/mol. The van der Waals surface area contributed by atoms with E-state index in [1.165, 1.54) is 11.0 Å². The van der Waals surface area contributed by atoms with Crippen LogP contribution in [0.25, 0.3) is 5.69 Å². The van der Waals surface area contributed by atoms with Gasteiger partial charge in [0.05, 0.1) is 17.6 Å². The minimum Gasteiger partial charge on any atom is -0.283 e. The number of nitrogens with zero attached hydrogens (tertiary/aromatic N) is 4. The van der Waals surface area contributed by atoms with Gasteiger partial charge in [0.2, 0.25) is 10.0 Å². The molecule has 0 fully saturated rings. The van der Waals surface area contributed by atoms with Crippen molar-refractivity contribution in [2.24, 2.45) is 0 Å². The summed E-state index contributed by atoms with van der Waals surface area (Å²) in [5.41, 5.74) is 2.03. The number of nitrogens with one attached hydrogen (secondary N) is 1. The molecule has 0 aliphatic carbocycles. The van der Waals surface area contributed by atoms with Gasteiger partial charge >= 0.3 is 0 Å². The van der Waals surface area contributed by atoms with Crippen molar-refractivity contribution in [1.29, 1.82) is 0 Å². The lowest BCUT2D eigenvalue weighted by Crippen LogP contribution is -2.11. The van der Waals surface area contributed by atoms with E-state index in [0.29, 0.717) is 11.4 Å². The van der Waals surface area contributed by atoms with Crippen molar-refractivity contribution in [1.82, 2.24) is 20.2 Å². The van der Waals surface area contributed by atoms with E-state index in [9.17, 15) is 8.42 Å². The van der Waals surface area contributed by atoms with Crippen LogP contribution in [0.2, 0.25) is 0 Å². The Labute approximate surface area is 98.5 Å². The van der Waals surface area contributed by atoms with E-state index in [4.69, 9.17) is 0 Å². The predicted octanol–water partition coefficient (Wildman–Crippen LogP) is 0.342. The first-order chi connectivity index (χ1) is 7.96. The van der Waals surface area contributed by atoms with Crippen LogP contribution in [0.4, 0.5) is 5.69 Å². The lowest BCUT2D eigenvalue weighted by Gasteiger charge is -2.09. The Balaban J connectivity index is 2.43. The van der Waals surface area contributed by atoms with Crippen molar-refractivity contribution in [2.45, 2.75) is 6.92 Å². The van der Waals surface area contributed by atoms with Gasteiger partial charge in [-0.05, 0) is 35.0 Å². The molecule has 0 saturated heterocycles. The van der Waals surface area contributed by atoms with Gasteiger partial charge in [0.15, 0.2) is 0 Å². The summed E-state index contributed by atoms with van der Waals surface area (Å²) in [4.78, 5) is 0. The van der Waals surface area contributed by atoms with Gasteiger partial charge in [-0.15, -0.1) is 5.10 Å². The van der Waals surface area contributed by atoms with E-state index in [1.807, 2.05) is 6.92 Å². The summed E-state index contributed by atoms with van der Waals surface area (Å²) in [6.45, 7) is 1.82. The molecule has 0 aliphatic heterocycles. The quantitative estimate of drug-likeness (QED) is 0.852. The monoisotopic (exact) mass is 253 g/mol. The number of benzene rings is 1. The van der Waals surface area contributed by atoms with Gasteiger partial charge < -0.3 is 0 Å². The average Bonchev–Trinajstić information content (AvgIpc) is 2.72. The first kappa shape index (κ1) is 11.5. The third kappa shape index (κ3) is 2.78. The molecule has 1 aromatic heterocycles. The van der Waals surface area contributed by atoms with Crippen molar-refractivity contribution in [2.75, 3.05) is 11.0 Å². The summed E-state index contributed by atoms with van der Waals surface area (Å²) in [6.07, 6.45) is 2.55. The fourth-order valence-corrected chi connectivity index (χ4v) is 1.96. The highest BCUT2D eigenvalue weighted by Crippen LogP contribution is 2.19. The molecular weight excluding hydrogens is 242 g/mol. The minimum atomic E-state index is -3.30. The van der Waals surface area contributed by atoms with E-state index in [0.717, 1.165) is 11.8 Å². The normalized spacial score (nSPS) is 11.4. The van der Waals surface area contributed by atoms with Crippen molar-refractivity contribution in [3.8, 4) is 5.69 Å². The van der Waals surface area contributed by atoms with Gasteiger partial charge in [-0.25, -0.2) is 13.1 Å². The highest BCUT2D eigenvalue weighted by Gasteiger charge is 2.07. The molecule has 0 spiro atoms. The molecule has 0 amide bonds. The standard InChI is InChI=1S/C9H11N5O2S/c1-7-3-4-8(14-6-10-12-13-14)5-9(7)11-17(2,15)16/h3-6,11H,1-2H3. The van der Waals surface area contributed by atoms with Gasteiger partial charge in [-0.3, -0.25) is 4.72 Å². The van der Waals surface area contributed by atoms with Crippen LogP contribution in [-0.4, -0.2) is 34.9 Å². The van der Waals surface area contributed by atoms with Crippen LogP contribution in [0.5, 0.6) is 0 Å². The minimum absolute atomic E-state index is 0.514. The predicted molar refractivity (Wildman–Crippen MR) is 62.4 cm³/mol. The Bertz CT molecular complexity index is 621. The fraction of sp³-hybridized carbons (Fsp3) is 0.222. The molecule has 90 valence electrons. The smallest absolute Gasteiger partial charge is 0.229 e. The first-order valence-electron chi connectivity index (χ1n) is 4.77. The second-order valence-electron chi connectivity index (χ2n) is 3.63. The summed E-state index contributed by atoms with van der Waals surface area (Å²) < 4.78 is 26.3. The van der Waals surface area contributed by atoms with Gasteiger partial charge in [-0.2, -0.15) is 0 Å². The SMILES string of the molecule is Cc1ccc(-n2cnnn2)cc1NS(C)(=O)=O. The Kier molecular flexibility index (Phi) is 2.80. The Morgan fingerprint density at radius 1 is 1.35 bits per heavy atom. The van der Waals surface area contributed by atoms with Crippen LogP contribution < -0.4 is 4.72 Å². The van der Waals surface area contributed by atoms with Crippen LogP contribution in [0.3, 0.4) is 0 Å². The van der Waals surface area contributed by atoms with Crippen LogP contribution in [0, 0.1) is 6.92 Å². The van der Waals surface area contributed by atoms with E-state index < -0.39 is 10.0 Å². The Morgan fingerprint density at radius 2 is 2.12 bits per heavy atom. The second kappa shape index (κ2) is 4.13. The summed E-state index contributed by atoms with van der Waals surface area (Å²) >= 11 is 0. The number of hydrogen-bond donors (Lipinski definition) is 1. The Morgan fingerprint density at radius 3 is 2.71 bits per heavy atom. The van der Waals surface area contributed by atoms with Gasteiger partial charge in [0.25, 0.3) is 0 Å². The second-order valence-corrected chi connectivity index (χ2v) is 5.38. The number of sulfonamides is 1. The summed E-state index contributed by atoms with van der Waals surface area (Å²) in [6, 6.07) is 5.27. The highest BCUT2D eigenvalue weighted by molar-refractivity contribution is 7.92. The lowest BCUT2D eigenvalue weighted by molar-refractivity contribution is 0.607. The first-order valence-corrected chi connectivity index (χ1v) is 6.67. The molecule has 7 nitrogen and oxygen atoms in total. The van der Waals surface area contributed by atoms with Crippen molar-refractivity contribution >= 4 is 15.7 Å². The van der Waals surface area contributed by atoms with Crippen LogP contribution in [0.15, 0.2) is 24.5 Å². The van der Waals surface area contributed by atoms with Gasteiger partial charge in [0, 0.05) is 0 Å². The van der Waals surface area contributed by atoms with Crippen molar-refractivity contribution < 1.29 is 8.42 Å². The molecule has 8 heteroatoms. The third-order valence-corrected chi connectivity index (χ3v) is 2.72. The lowest BCUT2D eigenvalue weighted by atomic mass is 10.2. The molecule has 0 atom stereocenters. The number of anilines is 1. The zero-order valence-electron chi connectivity index (χ0n) is 9.32. The largest absolute Gasteiger partial charge is 0.283 e. The van der Waals surface area contributed by atoms with Gasteiger partial charge in [0.1, 0.15) is 6.33 Å². The molecule has 0 unspecified atom stereocenters.